The van der Waals surface area contributed by atoms with Crippen LogP contribution in [0.1, 0.15) is 24.2 Å². The largest absolute Gasteiger partial charge is 0.373 e. The van der Waals surface area contributed by atoms with Crippen molar-refractivity contribution in [3.8, 4) is 0 Å². The maximum atomic E-state index is 11.1. The lowest BCUT2D eigenvalue weighted by Crippen LogP contribution is -2.39. The van der Waals surface area contributed by atoms with Crippen molar-refractivity contribution >= 4 is 17.3 Å². The van der Waals surface area contributed by atoms with E-state index >= 15 is 0 Å². The highest BCUT2D eigenvalue weighted by molar-refractivity contribution is 5.94. The lowest BCUT2D eigenvalue weighted by Gasteiger charge is -2.25. The summed E-state index contributed by atoms with van der Waals surface area (Å²) >= 11 is 0. The quantitative estimate of drug-likeness (QED) is 0.529. The molecule has 0 radical (unpaired) electrons. The molecule has 0 aliphatic heterocycles. The Kier molecular flexibility index (Phi) is 3.87. The number of benzene rings is 1. The molecule has 0 heterocycles. The molecule has 5 N–H and O–H groups in total. The fourth-order valence-corrected chi connectivity index (χ4v) is 1.36. The van der Waals surface area contributed by atoms with E-state index in [2.05, 4.69) is 5.32 Å². The first-order valence-electron chi connectivity index (χ1n) is 5.33. The number of hydrogen-bond donors (Lipinski definition) is 3. The summed E-state index contributed by atoms with van der Waals surface area (Å²) in [5.41, 5.74) is 10.5. The predicted molar refractivity (Wildman–Crippen MR) is 68.4 cm³/mol. The highest BCUT2D eigenvalue weighted by atomic mass is 16.6. The fourth-order valence-electron chi connectivity index (χ4n) is 1.36. The highest BCUT2D eigenvalue weighted by Gasteiger charge is 2.22. The molecule has 1 amide bonds. The Bertz CT molecular complexity index is 485. The number of carbonyl (C=O) groups excluding carboxylic acids is 1. The van der Waals surface area contributed by atoms with E-state index in [1.54, 1.807) is 13.8 Å². The maximum absolute atomic E-state index is 11.1. The van der Waals surface area contributed by atoms with E-state index in [1.165, 1.54) is 18.2 Å². The lowest BCUT2D eigenvalue weighted by molar-refractivity contribution is -0.384. The number of nitrogens with one attached hydrogen (secondary N) is 1. The number of nitro groups is 1. The van der Waals surface area contributed by atoms with Crippen molar-refractivity contribution in [1.29, 1.82) is 0 Å². The summed E-state index contributed by atoms with van der Waals surface area (Å²) in [6, 6.07) is 3.92. The normalized spacial score (nSPS) is 11.1. The first-order valence-corrected chi connectivity index (χ1v) is 5.33. The van der Waals surface area contributed by atoms with Crippen molar-refractivity contribution in [1.82, 2.24) is 0 Å². The van der Waals surface area contributed by atoms with Crippen LogP contribution < -0.4 is 16.8 Å². The van der Waals surface area contributed by atoms with E-state index < -0.39 is 16.4 Å². The van der Waals surface area contributed by atoms with Gasteiger partial charge in [-0.15, -0.1) is 0 Å². The molecule has 0 unspecified atom stereocenters. The van der Waals surface area contributed by atoms with Crippen LogP contribution in [0.4, 0.5) is 11.4 Å². The van der Waals surface area contributed by atoms with Crippen LogP contribution in [-0.4, -0.2) is 22.9 Å². The zero-order valence-corrected chi connectivity index (χ0v) is 10.3. The van der Waals surface area contributed by atoms with Gasteiger partial charge in [-0.1, -0.05) is 0 Å². The van der Waals surface area contributed by atoms with Crippen LogP contribution >= 0.6 is 0 Å². The first-order chi connectivity index (χ1) is 8.26. The average molecular weight is 252 g/mol. The number of rotatable bonds is 5. The number of amides is 1. The molecule has 1 aromatic carbocycles. The SMILES string of the molecule is CC(C)(CN)Nc1cc(C(N)=O)ccc1[N+](=O)[O-]. The van der Waals surface area contributed by atoms with Gasteiger partial charge in [0, 0.05) is 23.7 Å². The lowest BCUT2D eigenvalue weighted by atomic mass is 10.0. The van der Waals surface area contributed by atoms with Gasteiger partial charge in [-0.3, -0.25) is 14.9 Å². The molecule has 98 valence electrons. The summed E-state index contributed by atoms with van der Waals surface area (Å²) in [5, 5.41) is 13.8. The van der Waals surface area contributed by atoms with Crippen LogP contribution in [0.2, 0.25) is 0 Å². The summed E-state index contributed by atoms with van der Waals surface area (Å²) in [5.74, 6) is -0.640. The second kappa shape index (κ2) is 5.01. The topological polar surface area (TPSA) is 124 Å². The first kappa shape index (κ1) is 13.9. The van der Waals surface area contributed by atoms with Crippen molar-refractivity contribution in [2.24, 2.45) is 11.5 Å². The molecule has 0 spiro atoms. The zero-order chi connectivity index (χ0) is 13.9. The monoisotopic (exact) mass is 252 g/mol. The molecule has 0 saturated carbocycles. The number of nitrogens with zero attached hydrogens (tertiary/aromatic N) is 1. The maximum Gasteiger partial charge on any atom is 0.292 e. The molecule has 1 rings (SSSR count). The van der Waals surface area contributed by atoms with E-state index in [9.17, 15) is 14.9 Å². The Hall–Kier alpha value is -2.15. The zero-order valence-electron chi connectivity index (χ0n) is 10.3. The number of carbonyl (C=O) groups is 1. The second-order valence-electron chi connectivity index (χ2n) is 4.57. The van der Waals surface area contributed by atoms with Gasteiger partial charge in [0.05, 0.1) is 4.92 Å². The van der Waals surface area contributed by atoms with Crippen LogP contribution in [0.5, 0.6) is 0 Å². The average Bonchev–Trinajstić information content (AvgIpc) is 2.28. The third kappa shape index (κ3) is 3.17. The molecule has 0 fully saturated rings. The smallest absolute Gasteiger partial charge is 0.292 e. The summed E-state index contributed by atoms with van der Waals surface area (Å²) in [6.45, 7) is 3.88. The molecule has 0 aromatic heterocycles. The second-order valence-corrected chi connectivity index (χ2v) is 4.57. The van der Waals surface area contributed by atoms with Gasteiger partial charge in [0.2, 0.25) is 5.91 Å². The standard InChI is InChI=1S/C11H16N4O3/c1-11(2,6-12)14-8-5-7(10(13)16)3-4-9(8)15(17)18/h3-5,14H,6,12H2,1-2H3,(H2,13,16). The third-order valence-electron chi connectivity index (χ3n) is 2.46. The Morgan fingerprint density at radius 2 is 2.11 bits per heavy atom. The van der Waals surface area contributed by atoms with Gasteiger partial charge in [-0.25, -0.2) is 0 Å². The molecule has 0 bridgehead atoms. The van der Waals surface area contributed by atoms with Crippen LogP contribution in [0.25, 0.3) is 0 Å². The van der Waals surface area contributed by atoms with Gasteiger partial charge in [0.25, 0.3) is 5.69 Å². The molecular formula is C11H16N4O3. The number of nitro benzene ring substituents is 1. The summed E-state index contributed by atoms with van der Waals surface area (Å²) < 4.78 is 0. The molecule has 0 saturated heterocycles. The molecule has 0 atom stereocenters. The van der Waals surface area contributed by atoms with Gasteiger partial charge in [-0.05, 0) is 26.0 Å². The minimum Gasteiger partial charge on any atom is -0.373 e. The van der Waals surface area contributed by atoms with E-state index in [-0.39, 0.29) is 23.5 Å². The molecule has 7 heteroatoms. The predicted octanol–water partition coefficient (Wildman–Crippen LogP) is 0.843. The fraction of sp³-hybridized carbons (Fsp3) is 0.364. The number of nitrogens with two attached hydrogens (primary N) is 2. The van der Waals surface area contributed by atoms with E-state index in [0.29, 0.717) is 0 Å². The number of primary amides is 1. The molecule has 18 heavy (non-hydrogen) atoms. The van der Waals surface area contributed by atoms with Crippen molar-refractivity contribution < 1.29 is 9.72 Å². The van der Waals surface area contributed by atoms with Crippen LogP contribution in [0.3, 0.4) is 0 Å². The Morgan fingerprint density at radius 1 is 1.50 bits per heavy atom. The molecule has 1 aromatic rings. The molecule has 0 aliphatic rings. The van der Waals surface area contributed by atoms with E-state index in [0.717, 1.165) is 0 Å². The molecule has 7 nitrogen and oxygen atoms in total. The summed E-state index contributed by atoms with van der Waals surface area (Å²) in [6.07, 6.45) is 0. The Labute approximate surface area is 104 Å². The van der Waals surface area contributed by atoms with Gasteiger partial charge in [0.15, 0.2) is 0 Å². The van der Waals surface area contributed by atoms with E-state index in [4.69, 9.17) is 11.5 Å². The number of anilines is 1. The van der Waals surface area contributed by atoms with E-state index in [1.807, 2.05) is 0 Å². The summed E-state index contributed by atoms with van der Waals surface area (Å²) in [4.78, 5) is 21.4. The van der Waals surface area contributed by atoms with Crippen LogP contribution in [0.15, 0.2) is 18.2 Å². The van der Waals surface area contributed by atoms with Crippen molar-refractivity contribution in [3.63, 3.8) is 0 Å². The third-order valence-corrected chi connectivity index (χ3v) is 2.46. The Morgan fingerprint density at radius 3 is 2.56 bits per heavy atom. The number of hydrogen-bond acceptors (Lipinski definition) is 5. The van der Waals surface area contributed by atoms with Gasteiger partial charge < -0.3 is 16.8 Å². The van der Waals surface area contributed by atoms with Gasteiger partial charge in [0.1, 0.15) is 5.69 Å². The van der Waals surface area contributed by atoms with Crippen LogP contribution in [-0.2, 0) is 0 Å². The molecule has 0 aliphatic carbocycles. The van der Waals surface area contributed by atoms with Crippen molar-refractivity contribution in [3.05, 3.63) is 33.9 Å². The highest BCUT2D eigenvalue weighted by Crippen LogP contribution is 2.27. The van der Waals surface area contributed by atoms with Crippen molar-refractivity contribution in [2.75, 3.05) is 11.9 Å². The van der Waals surface area contributed by atoms with Crippen molar-refractivity contribution in [2.45, 2.75) is 19.4 Å². The van der Waals surface area contributed by atoms with Crippen LogP contribution in [0, 0.1) is 10.1 Å². The molecular weight excluding hydrogens is 236 g/mol. The minimum atomic E-state index is -0.640. The van der Waals surface area contributed by atoms with Gasteiger partial charge in [-0.2, -0.15) is 0 Å². The Balaban J connectivity index is 3.24. The minimum absolute atomic E-state index is 0.124. The summed E-state index contributed by atoms with van der Waals surface area (Å²) in [7, 11) is 0. The van der Waals surface area contributed by atoms with Gasteiger partial charge >= 0.3 is 0 Å².